The van der Waals surface area contributed by atoms with Gasteiger partial charge in [-0.05, 0) is 36.6 Å². The number of aryl methyl sites for hydroxylation is 2. The van der Waals surface area contributed by atoms with E-state index in [4.69, 9.17) is 9.47 Å². The predicted molar refractivity (Wildman–Crippen MR) is 87.5 cm³/mol. The monoisotopic (exact) mass is 329 g/mol. The molecule has 0 spiro atoms. The summed E-state index contributed by atoms with van der Waals surface area (Å²) >= 11 is 0. The van der Waals surface area contributed by atoms with Crippen LogP contribution in [-0.2, 0) is 9.53 Å². The van der Waals surface area contributed by atoms with Gasteiger partial charge in [-0.2, -0.15) is 5.10 Å². The Morgan fingerprint density at radius 3 is 2.67 bits per heavy atom. The molecule has 1 aliphatic heterocycles. The van der Waals surface area contributed by atoms with Crippen molar-refractivity contribution in [3.8, 4) is 5.75 Å². The summed E-state index contributed by atoms with van der Waals surface area (Å²) in [5, 5.41) is 9.44. The first-order valence-electron chi connectivity index (χ1n) is 7.57. The van der Waals surface area contributed by atoms with Gasteiger partial charge < -0.3 is 14.8 Å². The number of hydrogen-bond acceptors (Lipinski definition) is 5. The van der Waals surface area contributed by atoms with Gasteiger partial charge in [-0.15, -0.1) is 0 Å². The van der Waals surface area contributed by atoms with Crippen molar-refractivity contribution in [3.63, 3.8) is 0 Å². The Morgan fingerprint density at radius 2 is 2.00 bits per heavy atom. The molecule has 1 aromatic carbocycles. The van der Waals surface area contributed by atoms with Crippen LogP contribution in [0.5, 0.6) is 5.75 Å². The van der Waals surface area contributed by atoms with Gasteiger partial charge in [-0.3, -0.25) is 9.89 Å². The van der Waals surface area contributed by atoms with Gasteiger partial charge in [0.2, 0.25) is 5.91 Å². The van der Waals surface area contributed by atoms with Crippen LogP contribution in [0.1, 0.15) is 45.1 Å². The lowest BCUT2D eigenvalue weighted by atomic mass is 9.82. The summed E-state index contributed by atoms with van der Waals surface area (Å²) in [6, 6.07) is 3.93. The van der Waals surface area contributed by atoms with E-state index in [9.17, 15) is 9.59 Å². The maximum Gasteiger partial charge on any atom is 0.356 e. The third-order valence-electron chi connectivity index (χ3n) is 4.35. The highest BCUT2D eigenvalue weighted by Gasteiger charge is 2.35. The molecular weight excluding hydrogens is 310 g/mol. The molecule has 24 heavy (non-hydrogen) atoms. The van der Waals surface area contributed by atoms with E-state index in [1.807, 2.05) is 26.0 Å². The van der Waals surface area contributed by atoms with Crippen LogP contribution in [-0.4, -0.2) is 36.3 Å². The van der Waals surface area contributed by atoms with Crippen molar-refractivity contribution in [2.24, 2.45) is 0 Å². The Kier molecular flexibility index (Phi) is 4.01. The van der Waals surface area contributed by atoms with Gasteiger partial charge in [0.15, 0.2) is 5.82 Å². The molecule has 0 fully saturated rings. The molecule has 126 valence electrons. The molecule has 3 rings (SSSR count). The van der Waals surface area contributed by atoms with Crippen molar-refractivity contribution in [1.29, 1.82) is 0 Å². The lowest BCUT2D eigenvalue weighted by Crippen LogP contribution is -2.25. The van der Waals surface area contributed by atoms with Crippen LogP contribution in [0, 0.1) is 13.8 Å². The van der Waals surface area contributed by atoms with Crippen molar-refractivity contribution < 1.29 is 19.1 Å². The minimum Gasteiger partial charge on any atom is -0.496 e. The molecule has 7 heteroatoms. The number of methoxy groups -OCH3 is 2. The van der Waals surface area contributed by atoms with Crippen LogP contribution in [0.4, 0.5) is 5.82 Å². The average Bonchev–Trinajstić information content (AvgIpc) is 2.98. The van der Waals surface area contributed by atoms with Crippen LogP contribution in [0.3, 0.4) is 0 Å². The number of carbonyl (C=O) groups is 2. The van der Waals surface area contributed by atoms with Crippen molar-refractivity contribution in [1.82, 2.24) is 10.2 Å². The van der Waals surface area contributed by atoms with Crippen LogP contribution < -0.4 is 10.1 Å². The Bertz CT molecular complexity index is 825. The summed E-state index contributed by atoms with van der Waals surface area (Å²) < 4.78 is 10.2. The number of benzene rings is 1. The number of rotatable bonds is 3. The SMILES string of the molecule is COC(=O)c1[nH]nc2c1C(c1cc(C)c(OC)cc1C)CC(=O)N2. The molecule has 2 aromatic rings. The first kappa shape index (κ1) is 16.0. The maximum absolute atomic E-state index is 12.1. The number of nitrogens with zero attached hydrogens (tertiary/aromatic N) is 1. The molecule has 2 N–H and O–H groups in total. The summed E-state index contributed by atoms with van der Waals surface area (Å²) in [5.41, 5.74) is 3.85. The number of nitrogens with one attached hydrogen (secondary N) is 2. The van der Waals surface area contributed by atoms with Gasteiger partial charge in [-0.25, -0.2) is 4.79 Å². The molecule has 1 aromatic heterocycles. The number of carbonyl (C=O) groups excluding carboxylic acids is 2. The number of H-pyrrole nitrogens is 1. The molecule has 0 radical (unpaired) electrons. The smallest absolute Gasteiger partial charge is 0.356 e. The minimum atomic E-state index is -0.507. The number of hydrogen-bond donors (Lipinski definition) is 2. The van der Waals surface area contributed by atoms with E-state index in [1.165, 1.54) is 7.11 Å². The van der Waals surface area contributed by atoms with Gasteiger partial charge >= 0.3 is 5.97 Å². The van der Waals surface area contributed by atoms with Gasteiger partial charge in [0.25, 0.3) is 0 Å². The Balaban J connectivity index is 2.17. The fourth-order valence-electron chi connectivity index (χ4n) is 3.19. The molecule has 7 nitrogen and oxygen atoms in total. The molecule has 1 aliphatic rings. The number of amides is 1. The first-order chi connectivity index (χ1) is 11.5. The third kappa shape index (κ3) is 2.51. The number of aromatic amines is 1. The standard InChI is InChI=1S/C17H19N3O4/c1-8-6-12(23-3)9(2)5-10(8)11-7-13(21)18-16-14(11)15(19-20-16)17(22)24-4/h5-6,11H,7H2,1-4H3,(H2,18,19,20,21). The Hall–Kier alpha value is -2.83. The largest absolute Gasteiger partial charge is 0.496 e. The van der Waals surface area contributed by atoms with E-state index in [0.29, 0.717) is 11.4 Å². The lowest BCUT2D eigenvalue weighted by molar-refractivity contribution is -0.116. The number of anilines is 1. The summed E-state index contributed by atoms with van der Waals surface area (Å²) in [6.07, 6.45) is 0.239. The average molecular weight is 329 g/mol. The summed E-state index contributed by atoms with van der Waals surface area (Å²) in [5.74, 6) is 0.254. The van der Waals surface area contributed by atoms with Crippen molar-refractivity contribution >= 4 is 17.7 Å². The Morgan fingerprint density at radius 1 is 1.25 bits per heavy atom. The summed E-state index contributed by atoms with van der Waals surface area (Å²) in [7, 11) is 2.94. The topological polar surface area (TPSA) is 93.3 Å². The van der Waals surface area contributed by atoms with E-state index >= 15 is 0 Å². The van der Waals surface area contributed by atoms with Crippen molar-refractivity contribution in [3.05, 3.63) is 40.1 Å². The number of fused-ring (bicyclic) bond motifs is 1. The fraction of sp³-hybridized carbons (Fsp3) is 0.353. The van der Waals surface area contributed by atoms with E-state index in [1.54, 1.807) is 7.11 Å². The highest BCUT2D eigenvalue weighted by Crippen LogP contribution is 2.40. The quantitative estimate of drug-likeness (QED) is 0.843. The van der Waals surface area contributed by atoms with Crippen molar-refractivity contribution in [2.75, 3.05) is 19.5 Å². The zero-order valence-electron chi connectivity index (χ0n) is 14.0. The maximum atomic E-state index is 12.1. The summed E-state index contributed by atoms with van der Waals surface area (Å²) in [6.45, 7) is 3.91. The zero-order valence-corrected chi connectivity index (χ0v) is 14.0. The number of esters is 1. The highest BCUT2D eigenvalue weighted by atomic mass is 16.5. The summed E-state index contributed by atoms with van der Waals surface area (Å²) in [4.78, 5) is 24.1. The molecule has 1 amide bonds. The van der Waals surface area contributed by atoms with Crippen LogP contribution in [0.15, 0.2) is 12.1 Å². The first-order valence-corrected chi connectivity index (χ1v) is 7.57. The molecule has 0 saturated heterocycles. The fourth-order valence-corrected chi connectivity index (χ4v) is 3.19. The highest BCUT2D eigenvalue weighted by molar-refractivity contribution is 5.99. The second-order valence-electron chi connectivity index (χ2n) is 5.84. The predicted octanol–water partition coefficient (Wildman–Crippen LogP) is 2.30. The molecule has 1 atom stereocenters. The van der Waals surface area contributed by atoms with E-state index in [-0.39, 0.29) is 23.9 Å². The van der Waals surface area contributed by atoms with Gasteiger partial charge in [0.1, 0.15) is 11.4 Å². The van der Waals surface area contributed by atoms with Gasteiger partial charge in [0, 0.05) is 17.9 Å². The number of ether oxygens (including phenoxy) is 2. The van der Waals surface area contributed by atoms with E-state index in [2.05, 4.69) is 15.5 Å². The molecule has 0 saturated carbocycles. The Labute approximate surface area is 139 Å². The van der Waals surface area contributed by atoms with Gasteiger partial charge in [-0.1, -0.05) is 6.07 Å². The minimum absolute atomic E-state index is 0.136. The molecule has 0 bridgehead atoms. The second kappa shape index (κ2) is 5.99. The van der Waals surface area contributed by atoms with E-state index < -0.39 is 5.97 Å². The molecule has 0 aliphatic carbocycles. The molecule has 2 heterocycles. The van der Waals surface area contributed by atoms with Crippen molar-refractivity contribution in [2.45, 2.75) is 26.2 Å². The van der Waals surface area contributed by atoms with Gasteiger partial charge in [0.05, 0.1) is 14.2 Å². The molecular formula is C17H19N3O4. The number of aromatic nitrogens is 2. The lowest BCUT2D eigenvalue weighted by Gasteiger charge is -2.25. The van der Waals surface area contributed by atoms with Crippen LogP contribution >= 0.6 is 0 Å². The molecule has 1 unspecified atom stereocenters. The van der Waals surface area contributed by atoms with Crippen LogP contribution in [0.2, 0.25) is 0 Å². The zero-order chi connectivity index (χ0) is 17.4. The third-order valence-corrected chi connectivity index (χ3v) is 4.35. The van der Waals surface area contributed by atoms with Crippen LogP contribution in [0.25, 0.3) is 0 Å². The normalized spacial score (nSPS) is 16.3. The second-order valence-corrected chi connectivity index (χ2v) is 5.84. The van der Waals surface area contributed by atoms with E-state index in [0.717, 1.165) is 22.4 Å².